The average molecular weight is 356 g/mol. The SMILES string of the molecule is N#C/C(=C\c1ccc(F)cc1)c1nc(-c2ccc3ccccc3c2)cs1. The molecule has 0 bridgehead atoms. The van der Waals surface area contributed by atoms with Crippen LogP contribution in [0.15, 0.2) is 72.1 Å². The van der Waals surface area contributed by atoms with E-state index in [1.54, 1.807) is 18.2 Å². The fourth-order valence-corrected chi connectivity index (χ4v) is 3.54. The van der Waals surface area contributed by atoms with E-state index in [-0.39, 0.29) is 5.82 Å². The molecule has 0 spiro atoms. The van der Waals surface area contributed by atoms with Gasteiger partial charge in [-0.25, -0.2) is 9.37 Å². The van der Waals surface area contributed by atoms with E-state index in [1.807, 2.05) is 23.6 Å². The van der Waals surface area contributed by atoms with Gasteiger partial charge >= 0.3 is 0 Å². The first-order valence-electron chi connectivity index (χ1n) is 8.05. The van der Waals surface area contributed by atoms with Gasteiger partial charge in [-0.15, -0.1) is 11.3 Å². The molecule has 0 fully saturated rings. The number of allylic oxidation sites excluding steroid dienone is 1. The Bertz CT molecular complexity index is 1150. The minimum absolute atomic E-state index is 0.298. The molecular weight excluding hydrogens is 343 g/mol. The molecule has 0 aliphatic carbocycles. The average Bonchev–Trinajstić information content (AvgIpc) is 3.17. The molecule has 0 aliphatic rings. The number of hydrogen-bond acceptors (Lipinski definition) is 3. The van der Waals surface area contributed by atoms with E-state index < -0.39 is 0 Å². The highest BCUT2D eigenvalue weighted by atomic mass is 32.1. The summed E-state index contributed by atoms with van der Waals surface area (Å²) >= 11 is 1.43. The van der Waals surface area contributed by atoms with Gasteiger partial charge in [0, 0.05) is 10.9 Å². The number of rotatable bonds is 3. The number of benzene rings is 3. The van der Waals surface area contributed by atoms with Crippen molar-refractivity contribution < 1.29 is 4.39 Å². The lowest BCUT2D eigenvalue weighted by Gasteiger charge is -2.01. The van der Waals surface area contributed by atoms with Crippen LogP contribution in [0, 0.1) is 17.1 Å². The number of nitriles is 1. The number of hydrogen-bond donors (Lipinski definition) is 0. The summed E-state index contributed by atoms with van der Waals surface area (Å²) in [6, 6.07) is 22.6. The second kappa shape index (κ2) is 6.91. The minimum atomic E-state index is -0.298. The Morgan fingerprint density at radius 3 is 2.54 bits per heavy atom. The molecule has 26 heavy (non-hydrogen) atoms. The van der Waals surface area contributed by atoms with Crippen molar-refractivity contribution in [3.05, 3.63) is 88.5 Å². The molecule has 0 N–H and O–H groups in total. The first-order chi connectivity index (χ1) is 12.7. The molecular formula is C22H13FN2S. The van der Waals surface area contributed by atoms with Crippen LogP contribution in [0.4, 0.5) is 4.39 Å². The van der Waals surface area contributed by atoms with Gasteiger partial charge in [0.05, 0.1) is 11.3 Å². The molecule has 0 radical (unpaired) electrons. The highest BCUT2D eigenvalue weighted by Gasteiger charge is 2.09. The Kier molecular flexibility index (Phi) is 4.30. The summed E-state index contributed by atoms with van der Waals surface area (Å²) in [7, 11) is 0. The number of aromatic nitrogens is 1. The van der Waals surface area contributed by atoms with Gasteiger partial charge in [0.25, 0.3) is 0 Å². The van der Waals surface area contributed by atoms with Crippen molar-refractivity contribution in [1.29, 1.82) is 5.26 Å². The van der Waals surface area contributed by atoms with Crippen LogP contribution < -0.4 is 0 Å². The van der Waals surface area contributed by atoms with Gasteiger partial charge in [-0.05, 0) is 40.6 Å². The van der Waals surface area contributed by atoms with Crippen LogP contribution in [-0.4, -0.2) is 4.98 Å². The summed E-state index contributed by atoms with van der Waals surface area (Å²) in [4.78, 5) is 4.63. The van der Waals surface area contributed by atoms with Gasteiger partial charge in [0.1, 0.15) is 16.9 Å². The predicted molar refractivity (Wildman–Crippen MR) is 105 cm³/mol. The summed E-state index contributed by atoms with van der Waals surface area (Å²) in [6.45, 7) is 0. The second-order valence-electron chi connectivity index (χ2n) is 5.82. The van der Waals surface area contributed by atoms with Crippen LogP contribution in [0.25, 0.3) is 33.7 Å². The molecule has 0 amide bonds. The molecule has 4 heteroatoms. The Hall–Kier alpha value is -3.29. The Balaban J connectivity index is 1.69. The fourth-order valence-electron chi connectivity index (χ4n) is 2.75. The fraction of sp³-hybridized carbons (Fsp3) is 0. The lowest BCUT2D eigenvalue weighted by atomic mass is 10.1. The highest BCUT2D eigenvalue weighted by Crippen LogP contribution is 2.29. The zero-order chi connectivity index (χ0) is 17.9. The largest absolute Gasteiger partial charge is 0.235 e. The van der Waals surface area contributed by atoms with Gasteiger partial charge in [-0.2, -0.15) is 5.26 Å². The number of thiazole rings is 1. The smallest absolute Gasteiger partial charge is 0.134 e. The van der Waals surface area contributed by atoms with Crippen LogP contribution in [0.3, 0.4) is 0 Å². The molecule has 1 aromatic heterocycles. The number of nitrogens with zero attached hydrogens (tertiary/aromatic N) is 2. The van der Waals surface area contributed by atoms with Crippen molar-refractivity contribution in [2.45, 2.75) is 0 Å². The molecule has 3 aromatic carbocycles. The standard InChI is InChI=1S/C22H13FN2S/c23-20-9-5-15(6-10-20)11-19(13-24)22-25-21(14-26-22)18-8-7-16-3-1-2-4-17(16)12-18/h1-12,14H/b19-11+. The van der Waals surface area contributed by atoms with E-state index in [4.69, 9.17) is 0 Å². The van der Waals surface area contributed by atoms with Crippen LogP contribution in [0.5, 0.6) is 0 Å². The van der Waals surface area contributed by atoms with E-state index in [9.17, 15) is 9.65 Å². The molecule has 0 unspecified atom stereocenters. The molecule has 0 saturated heterocycles. The first kappa shape index (κ1) is 16.2. The number of fused-ring (bicyclic) bond motifs is 1. The molecule has 0 aliphatic heterocycles. The zero-order valence-corrected chi connectivity index (χ0v) is 14.5. The van der Waals surface area contributed by atoms with Crippen molar-refractivity contribution >= 4 is 33.8 Å². The summed E-state index contributed by atoms with van der Waals surface area (Å²) < 4.78 is 13.0. The summed E-state index contributed by atoms with van der Waals surface area (Å²) in [5.41, 5.74) is 3.10. The monoisotopic (exact) mass is 356 g/mol. The third-order valence-electron chi connectivity index (χ3n) is 4.08. The molecule has 2 nitrogen and oxygen atoms in total. The van der Waals surface area contributed by atoms with Crippen molar-refractivity contribution in [3.63, 3.8) is 0 Å². The first-order valence-corrected chi connectivity index (χ1v) is 8.93. The van der Waals surface area contributed by atoms with Crippen molar-refractivity contribution in [3.8, 4) is 17.3 Å². The van der Waals surface area contributed by atoms with E-state index in [0.717, 1.165) is 22.2 Å². The van der Waals surface area contributed by atoms with Gasteiger partial charge in [0.2, 0.25) is 0 Å². The third-order valence-corrected chi connectivity index (χ3v) is 4.96. The maximum absolute atomic E-state index is 13.0. The van der Waals surface area contributed by atoms with Crippen molar-refractivity contribution in [2.75, 3.05) is 0 Å². The van der Waals surface area contributed by atoms with E-state index in [2.05, 4.69) is 35.3 Å². The third kappa shape index (κ3) is 3.26. The molecule has 4 aromatic rings. The summed E-state index contributed by atoms with van der Waals surface area (Å²) in [6.07, 6.45) is 1.72. The maximum Gasteiger partial charge on any atom is 0.134 e. The normalized spacial score (nSPS) is 11.5. The van der Waals surface area contributed by atoms with Crippen molar-refractivity contribution in [1.82, 2.24) is 4.98 Å². The second-order valence-corrected chi connectivity index (χ2v) is 6.68. The molecule has 0 saturated carbocycles. The van der Waals surface area contributed by atoms with Crippen LogP contribution in [0.2, 0.25) is 0 Å². The summed E-state index contributed by atoms with van der Waals surface area (Å²) in [5.74, 6) is -0.298. The van der Waals surface area contributed by atoms with Gasteiger partial charge in [-0.3, -0.25) is 0 Å². The lowest BCUT2D eigenvalue weighted by Crippen LogP contribution is -1.84. The topological polar surface area (TPSA) is 36.7 Å². The predicted octanol–water partition coefficient (Wildman–Crippen LogP) is 6.17. The van der Waals surface area contributed by atoms with E-state index >= 15 is 0 Å². The lowest BCUT2D eigenvalue weighted by molar-refractivity contribution is 0.628. The van der Waals surface area contributed by atoms with Gasteiger partial charge in [-0.1, -0.05) is 48.5 Å². The van der Waals surface area contributed by atoms with Crippen LogP contribution in [0.1, 0.15) is 10.6 Å². The Morgan fingerprint density at radius 1 is 1.00 bits per heavy atom. The van der Waals surface area contributed by atoms with E-state index in [1.165, 1.54) is 28.9 Å². The Labute approximate surface area is 154 Å². The van der Waals surface area contributed by atoms with Crippen molar-refractivity contribution in [2.24, 2.45) is 0 Å². The van der Waals surface area contributed by atoms with Crippen LogP contribution >= 0.6 is 11.3 Å². The minimum Gasteiger partial charge on any atom is -0.235 e. The maximum atomic E-state index is 13.0. The summed E-state index contributed by atoms with van der Waals surface area (Å²) in [5, 5.41) is 14.4. The number of halogens is 1. The highest BCUT2D eigenvalue weighted by molar-refractivity contribution is 7.11. The Morgan fingerprint density at radius 2 is 1.77 bits per heavy atom. The van der Waals surface area contributed by atoms with Crippen LogP contribution in [-0.2, 0) is 0 Å². The quantitative estimate of drug-likeness (QED) is 0.412. The van der Waals surface area contributed by atoms with Gasteiger partial charge < -0.3 is 0 Å². The molecule has 1 heterocycles. The van der Waals surface area contributed by atoms with E-state index in [0.29, 0.717) is 10.6 Å². The molecule has 0 atom stereocenters. The van der Waals surface area contributed by atoms with Gasteiger partial charge in [0.15, 0.2) is 0 Å². The molecule has 4 rings (SSSR count). The molecule has 124 valence electrons. The zero-order valence-electron chi connectivity index (χ0n) is 13.7.